The van der Waals surface area contributed by atoms with Crippen LogP contribution in [-0.2, 0) is 4.79 Å². The van der Waals surface area contributed by atoms with Gasteiger partial charge in [0.25, 0.3) is 0 Å². The molecule has 4 rings (SSSR count). The average molecular weight is 516 g/mol. The van der Waals surface area contributed by atoms with Crippen molar-refractivity contribution in [2.75, 3.05) is 32.5 Å². The standard InChI is InChI=1S/C27H31F2N3O3S/c1-35-20-6-8-24-22(16-20)21(9-11-30-24)23(28)7-5-18-10-12-32(17-19(18)15-27(33)34)13-14-36-26-4-2-3-25(29)31-26/h2-4,6,8-9,11,16,18-19,23H,5,7,10,12-15,17H2,1H3,(H,33,34)/t18-,19+,23-/m1/s1. The van der Waals surface area contributed by atoms with Gasteiger partial charge in [0, 0.05) is 36.8 Å². The molecule has 0 radical (unpaired) electrons. The summed E-state index contributed by atoms with van der Waals surface area (Å²) >= 11 is 1.49. The molecule has 0 bridgehead atoms. The third-order valence-electron chi connectivity index (χ3n) is 6.87. The number of hydrogen-bond donors (Lipinski definition) is 1. The van der Waals surface area contributed by atoms with Crippen molar-refractivity contribution in [2.24, 2.45) is 11.8 Å². The highest BCUT2D eigenvalue weighted by molar-refractivity contribution is 7.99. The normalized spacial score (nSPS) is 19.3. The van der Waals surface area contributed by atoms with Crippen LogP contribution in [0.25, 0.3) is 10.9 Å². The molecule has 0 aliphatic carbocycles. The number of thioether (sulfide) groups is 1. The van der Waals surface area contributed by atoms with Crippen molar-refractivity contribution in [3.05, 3.63) is 60.2 Å². The Kier molecular flexibility index (Phi) is 9.09. The number of aromatic nitrogens is 2. The minimum absolute atomic E-state index is 0.0324. The van der Waals surface area contributed by atoms with Crippen LogP contribution in [-0.4, -0.2) is 58.4 Å². The second-order valence-corrected chi connectivity index (χ2v) is 10.3. The van der Waals surface area contributed by atoms with Crippen molar-refractivity contribution in [3.8, 4) is 5.75 Å². The summed E-state index contributed by atoms with van der Waals surface area (Å²) in [7, 11) is 1.58. The molecule has 3 atom stereocenters. The van der Waals surface area contributed by atoms with E-state index in [1.54, 1.807) is 31.5 Å². The van der Waals surface area contributed by atoms with Gasteiger partial charge in [0.05, 0.1) is 17.7 Å². The summed E-state index contributed by atoms with van der Waals surface area (Å²) in [4.78, 5) is 22.0. The molecule has 1 aromatic carbocycles. The number of methoxy groups -OCH3 is 1. The van der Waals surface area contributed by atoms with Gasteiger partial charge in [0.15, 0.2) is 0 Å². The summed E-state index contributed by atoms with van der Waals surface area (Å²) in [6, 6.07) is 11.9. The largest absolute Gasteiger partial charge is 0.497 e. The fourth-order valence-corrected chi connectivity index (χ4v) is 5.89. The molecule has 0 unspecified atom stereocenters. The summed E-state index contributed by atoms with van der Waals surface area (Å²) in [5.74, 6) is 0.197. The van der Waals surface area contributed by atoms with Crippen molar-refractivity contribution >= 4 is 28.6 Å². The van der Waals surface area contributed by atoms with E-state index in [0.717, 1.165) is 36.2 Å². The van der Waals surface area contributed by atoms with Gasteiger partial charge in [-0.1, -0.05) is 6.07 Å². The summed E-state index contributed by atoms with van der Waals surface area (Å²) in [6.45, 7) is 2.27. The number of carboxylic acids is 1. The number of piperidine rings is 1. The van der Waals surface area contributed by atoms with E-state index in [1.165, 1.54) is 17.8 Å². The molecular weight excluding hydrogens is 484 g/mol. The van der Waals surface area contributed by atoms with E-state index in [1.807, 2.05) is 18.2 Å². The Bertz CT molecular complexity index is 1180. The van der Waals surface area contributed by atoms with Crippen molar-refractivity contribution in [2.45, 2.75) is 36.9 Å². The van der Waals surface area contributed by atoms with Crippen LogP contribution in [0.15, 0.2) is 53.7 Å². The van der Waals surface area contributed by atoms with Crippen LogP contribution in [0, 0.1) is 17.8 Å². The first-order valence-electron chi connectivity index (χ1n) is 12.2. The Morgan fingerprint density at radius 2 is 2.14 bits per heavy atom. The number of likely N-dealkylation sites (tertiary alicyclic amines) is 1. The second-order valence-electron chi connectivity index (χ2n) is 9.18. The summed E-state index contributed by atoms with van der Waals surface area (Å²) in [5, 5.41) is 10.9. The van der Waals surface area contributed by atoms with Gasteiger partial charge in [-0.3, -0.25) is 9.78 Å². The molecule has 1 aliphatic heterocycles. The molecule has 3 aromatic rings. The van der Waals surface area contributed by atoms with Gasteiger partial charge in [-0.15, -0.1) is 11.8 Å². The number of fused-ring (bicyclic) bond motifs is 1. The highest BCUT2D eigenvalue weighted by Gasteiger charge is 2.31. The summed E-state index contributed by atoms with van der Waals surface area (Å²) in [6.07, 6.45) is 2.33. The van der Waals surface area contributed by atoms with E-state index in [9.17, 15) is 14.3 Å². The van der Waals surface area contributed by atoms with Gasteiger partial charge in [-0.2, -0.15) is 4.39 Å². The molecule has 192 valence electrons. The Labute approximate surface area is 214 Å². The third kappa shape index (κ3) is 6.91. The zero-order chi connectivity index (χ0) is 25.5. The number of ether oxygens (including phenoxy) is 1. The number of carbonyl (C=O) groups is 1. The first-order chi connectivity index (χ1) is 17.4. The minimum atomic E-state index is -1.17. The van der Waals surface area contributed by atoms with Gasteiger partial charge in [0.1, 0.15) is 11.9 Å². The molecule has 0 amide bonds. The van der Waals surface area contributed by atoms with Gasteiger partial charge in [-0.05, 0) is 79.6 Å². The van der Waals surface area contributed by atoms with Crippen molar-refractivity contribution in [3.63, 3.8) is 0 Å². The van der Waals surface area contributed by atoms with Crippen LogP contribution in [0.3, 0.4) is 0 Å². The molecule has 1 aliphatic rings. The molecule has 0 saturated carbocycles. The van der Waals surface area contributed by atoms with E-state index in [0.29, 0.717) is 35.7 Å². The van der Waals surface area contributed by atoms with Crippen molar-refractivity contribution in [1.29, 1.82) is 0 Å². The van der Waals surface area contributed by atoms with E-state index in [2.05, 4.69) is 14.9 Å². The maximum Gasteiger partial charge on any atom is 0.303 e. The first-order valence-corrected chi connectivity index (χ1v) is 13.2. The number of benzene rings is 1. The Morgan fingerprint density at radius 1 is 1.28 bits per heavy atom. The van der Waals surface area contributed by atoms with E-state index >= 15 is 4.39 Å². The second kappa shape index (κ2) is 12.5. The summed E-state index contributed by atoms with van der Waals surface area (Å²) in [5.41, 5.74) is 1.31. The van der Waals surface area contributed by atoms with Gasteiger partial charge >= 0.3 is 5.97 Å². The Balaban J connectivity index is 1.34. The summed E-state index contributed by atoms with van der Waals surface area (Å²) < 4.78 is 34.0. The van der Waals surface area contributed by atoms with Gasteiger partial charge in [-0.25, -0.2) is 9.37 Å². The lowest BCUT2D eigenvalue weighted by Crippen LogP contribution is -2.42. The van der Waals surface area contributed by atoms with Crippen molar-refractivity contribution < 1.29 is 23.4 Å². The number of hydrogen-bond acceptors (Lipinski definition) is 6. The van der Waals surface area contributed by atoms with Gasteiger partial charge in [0.2, 0.25) is 5.95 Å². The fourth-order valence-electron chi connectivity index (χ4n) is 5.01. The molecule has 6 nitrogen and oxygen atoms in total. The van der Waals surface area contributed by atoms with Crippen LogP contribution < -0.4 is 4.74 Å². The highest BCUT2D eigenvalue weighted by Crippen LogP contribution is 2.36. The minimum Gasteiger partial charge on any atom is -0.497 e. The van der Waals surface area contributed by atoms with E-state index in [-0.39, 0.29) is 18.3 Å². The lowest BCUT2D eigenvalue weighted by Gasteiger charge is -2.38. The number of nitrogens with zero attached hydrogens (tertiary/aromatic N) is 3. The molecule has 36 heavy (non-hydrogen) atoms. The highest BCUT2D eigenvalue weighted by atomic mass is 32.2. The molecule has 9 heteroatoms. The zero-order valence-electron chi connectivity index (χ0n) is 20.3. The number of pyridine rings is 2. The van der Waals surface area contributed by atoms with E-state index < -0.39 is 18.1 Å². The molecule has 0 spiro atoms. The topological polar surface area (TPSA) is 75.5 Å². The molecule has 2 aromatic heterocycles. The van der Waals surface area contributed by atoms with Crippen LogP contribution in [0.5, 0.6) is 5.75 Å². The number of carboxylic acid groups (broad SMARTS) is 1. The third-order valence-corrected chi connectivity index (χ3v) is 7.78. The number of alkyl halides is 1. The smallest absolute Gasteiger partial charge is 0.303 e. The SMILES string of the molecule is COc1ccc2nccc([C@H](F)CC[C@@H]3CCN(CCSc4cccc(F)n4)C[C@@H]3CC(=O)O)c2c1. The van der Waals surface area contributed by atoms with Crippen LogP contribution in [0.2, 0.25) is 0 Å². The predicted octanol–water partition coefficient (Wildman–Crippen LogP) is 5.77. The average Bonchev–Trinajstić information content (AvgIpc) is 2.87. The molecule has 1 fully saturated rings. The maximum absolute atomic E-state index is 15.4. The lowest BCUT2D eigenvalue weighted by atomic mass is 9.79. The molecule has 1 saturated heterocycles. The number of aliphatic carboxylic acids is 1. The first kappa shape index (κ1) is 26.3. The molecule has 1 N–H and O–H groups in total. The fraction of sp³-hybridized carbons (Fsp3) is 0.444. The molecule has 3 heterocycles. The van der Waals surface area contributed by atoms with Crippen LogP contribution in [0.1, 0.15) is 37.4 Å². The van der Waals surface area contributed by atoms with E-state index in [4.69, 9.17) is 4.74 Å². The zero-order valence-corrected chi connectivity index (χ0v) is 21.1. The van der Waals surface area contributed by atoms with Crippen LogP contribution >= 0.6 is 11.8 Å². The Morgan fingerprint density at radius 3 is 2.92 bits per heavy atom. The lowest BCUT2D eigenvalue weighted by molar-refractivity contribution is -0.139. The Hall–Kier alpha value is -2.78. The maximum atomic E-state index is 15.4. The number of rotatable bonds is 11. The van der Waals surface area contributed by atoms with Crippen molar-refractivity contribution in [1.82, 2.24) is 14.9 Å². The number of halogens is 2. The monoisotopic (exact) mass is 515 g/mol. The van der Waals surface area contributed by atoms with Gasteiger partial charge < -0.3 is 14.7 Å². The van der Waals surface area contributed by atoms with Crippen LogP contribution in [0.4, 0.5) is 8.78 Å². The molecular formula is C27H31F2N3O3S. The quantitative estimate of drug-likeness (QED) is 0.257. The predicted molar refractivity (Wildman–Crippen MR) is 137 cm³/mol.